The van der Waals surface area contributed by atoms with Crippen LogP contribution in [0.15, 0.2) is 24.3 Å². The number of rotatable bonds is 0. The van der Waals surface area contributed by atoms with Crippen LogP contribution >= 0.6 is 0 Å². The van der Waals surface area contributed by atoms with Crippen LogP contribution in [0.5, 0.6) is 0 Å². The van der Waals surface area contributed by atoms with E-state index in [0.717, 1.165) is 12.8 Å². The lowest BCUT2D eigenvalue weighted by Crippen LogP contribution is -1.98. The molecule has 0 bridgehead atoms. The summed E-state index contributed by atoms with van der Waals surface area (Å²) in [6.45, 7) is 0. The summed E-state index contributed by atoms with van der Waals surface area (Å²) in [6, 6.07) is 0. The Kier molecular flexibility index (Phi) is 1.65. The molecule has 0 spiro atoms. The highest BCUT2D eigenvalue weighted by molar-refractivity contribution is 5.85. The highest BCUT2D eigenvalue weighted by atomic mass is 16.1. The summed E-state index contributed by atoms with van der Waals surface area (Å²) in [4.78, 5) is 11.3. The van der Waals surface area contributed by atoms with Crippen LogP contribution in [0.3, 0.4) is 0 Å². The van der Waals surface area contributed by atoms with Crippen LogP contribution in [-0.2, 0) is 4.79 Å². The second kappa shape index (κ2) is 2.65. The average molecular weight is 148 g/mol. The SMILES string of the molecule is O=C1C/C=C\C/C=C\C2CC12. The highest BCUT2D eigenvalue weighted by Crippen LogP contribution is 2.41. The fraction of sp³-hybridized carbons (Fsp3) is 0.500. The van der Waals surface area contributed by atoms with Crippen molar-refractivity contribution in [3.8, 4) is 0 Å². The number of carbonyl (C=O) groups is 1. The normalized spacial score (nSPS) is 41.3. The molecule has 2 aliphatic rings. The number of allylic oxidation sites excluding steroid dienone is 4. The molecule has 1 fully saturated rings. The number of hydrogen-bond acceptors (Lipinski definition) is 1. The summed E-state index contributed by atoms with van der Waals surface area (Å²) in [5.41, 5.74) is 0. The van der Waals surface area contributed by atoms with Gasteiger partial charge in [0.25, 0.3) is 0 Å². The minimum Gasteiger partial charge on any atom is -0.299 e. The fourth-order valence-corrected chi connectivity index (χ4v) is 1.58. The molecule has 0 aromatic heterocycles. The van der Waals surface area contributed by atoms with Crippen molar-refractivity contribution in [1.82, 2.24) is 0 Å². The molecule has 2 atom stereocenters. The third kappa shape index (κ3) is 1.42. The lowest BCUT2D eigenvalue weighted by atomic mass is 10.1. The van der Waals surface area contributed by atoms with E-state index in [1.54, 1.807) is 0 Å². The Morgan fingerprint density at radius 3 is 3.09 bits per heavy atom. The van der Waals surface area contributed by atoms with Crippen molar-refractivity contribution in [2.75, 3.05) is 0 Å². The molecule has 1 heteroatoms. The fourth-order valence-electron chi connectivity index (χ4n) is 1.58. The summed E-state index contributed by atoms with van der Waals surface area (Å²) in [6.07, 6.45) is 11.2. The van der Waals surface area contributed by atoms with Gasteiger partial charge in [0.05, 0.1) is 0 Å². The van der Waals surface area contributed by atoms with Crippen LogP contribution < -0.4 is 0 Å². The third-order valence-electron chi connectivity index (χ3n) is 2.39. The number of carbonyl (C=O) groups excluding carboxylic acids is 1. The molecule has 0 heterocycles. The number of hydrogen-bond donors (Lipinski definition) is 0. The minimum atomic E-state index is 0.369. The Morgan fingerprint density at radius 1 is 1.27 bits per heavy atom. The molecule has 0 aromatic rings. The Balaban J connectivity index is 2.08. The Labute approximate surface area is 66.8 Å². The molecule has 1 saturated carbocycles. The molecule has 2 rings (SSSR count). The number of ketones is 1. The van der Waals surface area contributed by atoms with Crippen molar-refractivity contribution >= 4 is 5.78 Å². The molecule has 0 radical (unpaired) electrons. The molecule has 2 unspecified atom stereocenters. The molecule has 58 valence electrons. The third-order valence-corrected chi connectivity index (χ3v) is 2.39. The van der Waals surface area contributed by atoms with E-state index in [-0.39, 0.29) is 0 Å². The standard InChI is InChI=1S/C10H12O/c11-10-6-4-2-1-3-5-8-7-9(8)10/h2-5,8-9H,1,6-7H2/b4-2-,5-3-. The van der Waals surface area contributed by atoms with Crippen LogP contribution in [0.25, 0.3) is 0 Å². The topological polar surface area (TPSA) is 17.1 Å². The zero-order valence-electron chi connectivity index (χ0n) is 6.49. The zero-order chi connectivity index (χ0) is 7.68. The summed E-state index contributed by atoms with van der Waals surface area (Å²) in [5.74, 6) is 1.38. The van der Waals surface area contributed by atoms with Gasteiger partial charge in [-0.05, 0) is 18.8 Å². The van der Waals surface area contributed by atoms with E-state index in [2.05, 4.69) is 18.2 Å². The second-order valence-electron chi connectivity index (χ2n) is 3.31. The number of fused-ring (bicyclic) bond motifs is 1. The summed E-state index contributed by atoms with van der Waals surface area (Å²) >= 11 is 0. The van der Waals surface area contributed by atoms with Crippen LogP contribution in [0.4, 0.5) is 0 Å². The predicted octanol–water partition coefficient (Wildman–Crippen LogP) is 2.10. The van der Waals surface area contributed by atoms with E-state index >= 15 is 0 Å². The molecule has 0 aliphatic heterocycles. The van der Waals surface area contributed by atoms with Gasteiger partial charge in [0.1, 0.15) is 5.78 Å². The molecular weight excluding hydrogens is 136 g/mol. The van der Waals surface area contributed by atoms with Gasteiger partial charge in [-0.15, -0.1) is 0 Å². The first-order valence-corrected chi connectivity index (χ1v) is 4.22. The van der Waals surface area contributed by atoms with Gasteiger partial charge in [0.15, 0.2) is 0 Å². The molecule has 11 heavy (non-hydrogen) atoms. The molecule has 1 nitrogen and oxygen atoms in total. The predicted molar refractivity (Wildman–Crippen MR) is 44.1 cm³/mol. The van der Waals surface area contributed by atoms with Crippen molar-refractivity contribution in [2.45, 2.75) is 19.3 Å². The molecule has 2 aliphatic carbocycles. The zero-order valence-corrected chi connectivity index (χ0v) is 6.49. The van der Waals surface area contributed by atoms with Crippen molar-refractivity contribution in [2.24, 2.45) is 11.8 Å². The molecular formula is C10H12O. The van der Waals surface area contributed by atoms with Gasteiger partial charge in [0.2, 0.25) is 0 Å². The lowest BCUT2D eigenvalue weighted by Gasteiger charge is -1.89. The molecule has 0 amide bonds. The maximum atomic E-state index is 11.3. The van der Waals surface area contributed by atoms with Gasteiger partial charge in [-0.3, -0.25) is 4.79 Å². The van der Waals surface area contributed by atoms with Crippen LogP contribution in [0, 0.1) is 11.8 Å². The molecule has 0 aromatic carbocycles. The Morgan fingerprint density at radius 2 is 2.18 bits per heavy atom. The van der Waals surface area contributed by atoms with E-state index in [1.165, 1.54) is 0 Å². The maximum Gasteiger partial charge on any atom is 0.140 e. The van der Waals surface area contributed by atoms with Crippen LogP contribution in [0.2, 0.25) is 0 Å². The largest absolute Gasteiger partial charge is 0.299 e. The lowest BCUT2D eigenvalue weighted by molar-refractivity contribution is -0.119. The first-order valence-electron chi connectivity index (χ1n) is 4.22. The van der Waals surface area contributed by atoms with E-state index in [9.17, 15) is 4.79 Å². The molecule has 0 saturated heterocycles. The van der Waals surface area contributed by atoms with Gasteiger partial charge in [-0.1, -0.05) is 24.3 Å². The van der Waals surface area contributed by atoms with E-state index in [1.807, 2.05) is 6.08 Å². The van der Waals surface area contributed by atoms with Crippen LogP contribution in [0.1, 0.15) is 19.3 Å². The minimum absolute atomic E-state index is 0.369. The van der Waals surface area contributed by atoms with Gasteiger partial charge in [0, 0.05) is 12.3 Å². The molecule has 0 N–H and O–H groups in total. The summed E-state index contributed by atoms with van der Waals surface area (Å²) < 4.78 is 0. The van der Waals surface area contributed by atoms with Gasteiger partial charge in [-0.25, -0.2) is 0 Å². The van der Waals surface area contributed by atoms with E-state index in [0.29, 0.717) is 24.0 Å². The summed E-state index contributed by atoms with van der Waals surface area (Å²) in [5, 5.41) is 0. The average Bonchev–Trinajstić information content (AvgIpc) is 2.74. The van der Waals surface area contributed by atoms with Crippen LogP contribution in [-0.4, -0.2) is 5.78 Å². The van der Waals surface area contributed by atoms with Gasteiger partial charge in [-0.2, -0.15) is 0 Å². The quantitative estimate of drug-likeness (QED) is 0.481. The first-order chi connectivity index (χ1) is 5.38. The van der Waals surface area contributed by atoms with Crippen molar-refractivity contribution in [1.29, 1.82) is 0 Å². The Bertz CT molecular complexity index is 225. The first kappa shape index (κ1) is 6.84. The van der Waals surface area contributed by atoms with Crippen molar-refractivity contribution < 1.29 is 4.79 Å². The second-order valence-corrected chi connectivity index (χ2v) is 3.31. The number of Topliss-reactive ketones (excluding diaryl/α,β-unsaturated/α-hetero) is 1. The van der Waals surface area contributed by atoms with Crippen molar-refractivity contribution in [3.63, 3.8) is 0 Å². The van der Waals surface area contributed by atoms with Gasteiger partial charge >= 0.3 is 0 Å². The summed E-state index contributed by atoms with van der Waals surface area (Å²) in [7, 11) is 0. The van der Waals surface area contributed by atoms with Crippen molar-refractivity contribution in [3.05, 3.63) is 24.3 Å². The van der Waals surface area contributed by atoms with Gasteiger partial charge < -0.3 is 0 Å². The highest BCUT2D eigenvalue weighted by Gasteiger charge is 2.39. The smallest absolute Gasteiger partial charge is 0.140 e. The monoisotopic (exact) mass is 148 g/mol. The van der Waals surface area contributed by atoms with E-state index in [4.69, 9.17) is 0 Å². The Hall–Kier alpha value is -0.850. The maximum absolute atomic E-state index is 11.3. The van der Waals surface area contributed by atoms with E-state index < -0.39 is 0 Å².